The molecule has 0 bridgehead atoms. The Kier molecular flexibility index (Phi) is 4.29. The molecule has 0 aliphatic heterocycles. The Morgan fingerprint density at radius 1 is 1.40 bits per heavy atom. The van der Waals surface area contributed by atoms with Gasteiger partial charge in [0.15, 0.2) is 0 Å². The molecule has 1 fully saturated rings. The topological polar surface area (TPSA) is 9.23 Å². The average molecular weight is 337 g/mol. The van der Waals surface area contributed by atoms with Crippen LogP contribution >= 0.6 is 34.2 Å². The van der Waals surface area contributed by atoms with E-state index in [2.05, 4.69) is 28.7 Å². The van der Waals surface area contributed by atoms with Gasteiger partial charge in [-0.1, -0.05) is 52.4 Å². The van der Waals surface area contributed by atoms with Crippen molar-refractivity contribution in [2.75, 3.05) is 4.43 Å². The van der Waals surface area contributed by atoms with Gasteiger partial charge in [-0.25, -0.2) is 0 Å². The quantitative estimate of drug-likeness (QED) is 0.585. The lowest BCUT2D eigenvalue weighted by molar-refractivity contribution is -0.0411. The maximum absolute atomic E-state index is 6.16. The fourth-order valence-corrected chi connectivity index (χ4v) is 2.61. The first kappa shape index (κ1) is 11.7. The van der Waals surface area contributed by atoms with E-state index in [9.17, 15) is 0 Å². The Labute approximate surface area is 109 Å². The zero-order valence-corrected chi connectivity index (χ0v) is 11.4. The third kappa shape index (κ3) is 2.86. The number of hydrogen-bond donors (Lipinski definition) is 0. The molecule has 1 aliphatic rings. The third-order valence-electron chi connectivity index (χ3n) is 2.80. The molecule has 1 aliphatic carbocycles. The largest absolute Gasteiger partial charge is 0.369 e. The lowest BCUT2D eigenvalue weighted by atomic mass is 9.96. The normalized spacial score (nSPS) is 18.5. The van der Waals surface area contributed by atoms with Crippen molar-refractivity contribution in [2.45, 2.75) is 31.5 Å². The summed E-state index contributed by atoms with van der Waals surface area (Å²) < 4.78 is 6.97. The first-order valence-corrected chi connectivity index (χ1v) is 7.17. The summed E-state index contributed by atoms with van der Waals surface area (Å²) in [6.07, 6.45) is 4.33. The molecule has 0 amide bonds. The molecular formula is C12H14ClIO. The van der Waals surface area contributed by atoms with Gasteiger partial charge in [-0.15, -0.1) is 0 Å². The van der Waals surface area contributed by atoms with Crippen LogP contribution in [0.1, 0.15) is 30.9 Å². The summed E-state index contributed by atoms with van der Waals surface area (Å²) in [5, 5.41) is 0.818. The summed E-state index contributed by atoms with van der Waals surface area (Å²) >= 11 is 8.52. The molecule has 0 saturated heterocycles. The Hall–Kier alpha value is 0.200. The van der Waals surface area contributed by atoms with Crippen molar-refractivity contribution >= 4 is 34.2 Å². The number of halogens is 2. The Morgan fingerprint density at radius 2 is 2.13 bits per heavy atom. The number of ether oxygens (including phenoxy) is 1. The smallest absolute Gasteiger partial charge is 0.0932 e. The van der Waals surface area contributed by atoms with Crippen molar-refractivity contribution in [3.8, 4) is 0 Å². The van der Waals surface area contributed by atoms with Gasteiger partial charge in [0.1, 0.15) is 0 Å². The van der Waals surface area contributed by atoms with Crippen LogP contribution in [0.4, 0.5) is 0 Å². The minimum Gasteiger partial charge on any atom is -0.369 e. The van der Waals surface area contributed by atoms with Crippen LogP contribution in [0, 0.1) is 0 Å². The molecule has 82 valence electrons. The predicted molar refractivity (Wildman–Crippen MR) is 71.8 cm³/mol. The highest BCUT2D eigenvalue weighted by atomic mass is 127. The lowest BCUT2D eigenvalue weighted by Gasteiger charge is -2.30. The lowest BCUT2D eigenvalue weighted by Crippen LogP contribution is -2.24. The van der Waals surface area contributed by atoms with Crippen molar-refractivity contribution in [2.24, 2.45) is 0 Å². The number of benzene rings is 1. The first-order valence-electron chi connectivity index (χ1n) is 5.27. The van der Waals surface area contributed by atoms with Gasteiger partial charge in [-0.05, 0) is 25.3 Å². The second-order valence-corrected chi connectivity index (χ2v) is 5.14. The minimum atomic E-state index is 0.157. The summed E-state index contributed by atoms with van der Waals surface area (Å²) in [6, 6.07) is 7.97. The van der Waals surface area contributed by atoms with Gasteiger partial charge >= 0.3 is 0 Å². The fourth-order valence-electron chi connectivity index (χ4n) is 1.67. The molecule has 0 spiro atoms. The van der Waals surface area contributed by atoms with E-state index in [1.807, 2.05) is 18.2 Å². The highest BCUT2D eigenvalue weighted by molar-refractivity contribution is 14.1. The van der Waals surface area contributed by atoms with Crippen LogP contribution in [0.2, 0.25) is 5.02 Å². The molecule has 1 aromatic rings. The molecule has 0 radical (unpaired) electrons. The monoisotopic (exact) mass is 336 g/mol. The van der Waals surface area contributed by atoms with Gasteiger partial charge in [0, 0.05) is 15.0 Å². The molecule has 2 rings (SSSR count). The SMILES string of the molecule is Clc1ccccc1C(CI)OC1CCC1. The van der Waals surface area contributed by atoms with E-state index in [-0.39, 0.29) is 6.10 Å². The van der Waals surface area contributed by atoms with Gasteiger partial charge in [-0.3, -0.25) is 0 Å². The number of alkyl halides is 1. The van der Waals surface area contributed by atoms with Crippen LogP contribution in [-0.4, -0.2) is 10.5 Å². The second-order valence-electron chi connectivity index (χ2n) is 3.85. The highest BCUT2D eigenvalue weighted by Crippen LogP contribution is 2.32. The Morgan fingerprint density at radius 3 is 2.67 bits per heavy atom. The molecule has 0 aromatic heterocycles. The van der Waals surface area contributed by atoms with E-state index >= 15 is 0 Å². The van der Waals surface area contributed by atoms with Crippen molar-refractivity contribution in [1.29, 1.82) is 0 Å². The summed E-state index contributed by atoms with van der Waals surface area (Å²) in [5.74, 6) is 0. The van der Waals surface area contributed by atoms with Crippen molar-refractivity contribution in [3.05, 3.63) is 34.9 Å². The minimum absolute atomic E-state index is 0.157. The average Bonchev–Trinajstić information content (AvgIpc) is 2.19. The number of hydrogen-bond acceptors (Lipinski definition) is 1. The maximum atomic E-state index is 6.16. The zero-order chi connectivity index (χ0) is 10.7. The molecule has 0 heterocycles. The highest BCUT2D eigenvalue weighted by Gasteiger charge is 2.23. The summed E-state index contributed by atoms with van der Waals surface area (Å²) in [6.45, 7) is 0. The zero-order valence-electron chi connectivity index (χ0n) is 8.46. The van der Waals surface area contributed by atoms with E-state index in [0.717, 1.165) is 15.0 Å². The summed E-state index contributed by atoms with van der Waals surface area (Å²) in [4.78, 5) is 0. The predicted octanol–water partition coefficient (Wildman–Crippen LogP) is 4.39. The van der Waals surface area contributed by atoms with Gasteiger partial charge in [-0.2, -0.15) is 0 Å². The van der Waals surface area contributed by atoms with Crippen LogP contribution in [0.3, 0.4) is 0 Å². The van der Waals surface area contributed by atoms with Crippen LogP contribution in [0.15, 0.2) is 24.3 Å². The molecular weight excluding hydrogens is 322 g/mol. The molecule has 1 unspecified atom stereocenters. The van der Waals surface area contributed by atoms with Crippen LogP contribution in [0.5, 0.6) is 0 Å². The van der Waals surface area contributed by atoms with E-state index in [1.165, 1.54) is 19.3 Å². The molecule has 1 aromatic carbocycles. The van der Waals surface area contributed by atoms with E-state index in [1.54, 1.807) is 0 Å². The van der Waals surface area contributed by atoms with Gasteiger partial charge in [0.2, 0.25) is 0 Å². The van der Waals surface area contributed by atoms with Crippen LogP contribution < -0.4 is 0 Å². The molecule has 1 saturated carbocycles. The first-order chi connectivity index (χ1) is 7.31. The van der Waals surface area contributed by atoms with Crippen LogP contribution in [0.25, 0.3) is 0 Å². The van der Waals surface area contributed by atoms with Gasteiger partial charge in [0.25, 0.3) is 0 Å². The van der Waals surface area contributed by atoms with Gasteiger partial charge in [0.05, 0.1) is 12.2 Å². The van der Waals surface area contributed by atoms with Crippen molar-refractivity contribution in [1.82, 2.24) is 0 Å². The van der Waals surface area contributed by atoms with E-state index < -0.39 is 0 Å². The molecule has 15 heavy (non-hydrogen) atoms. The number of rotatable bonds is 4. The van der Waals surface area contributed by atoms with E-state index in [0.29, 0.717) is 6.10 Å². The summed E-state index contributed by atoms with van der Waals surface area (Å²) in [5.41, 5.74) is 1.13. The Bertz CT molecular complexity index is 325. The van der Waals surface area contributed by atoms with Gasteiger partial charge < -0.3 is 4.74 Å². The maximum Gasteiger partial charge on any atom is 0.0932 e. The third-order valence-corrected chi connectivity index (χ3v) is 3.95. The summed E-state index contributed by atoms with van der Waals surface area (Å²) in [7, 11) is 0. The van der Waals surface area contributed by atoms with E-state index in [4.69, 9.17) is 16.3 Å². The molecule has 1 nitrogen and oxygen atoms in total. The molecule has 0 N–H and O–H groups in total. The molecule has 1 atom stereocenters. The van der Waals surface area contributed by atoms with Crippen molar-refractivity contribution < 1.29 is 4.74 Å². The van der Waals surface area contributed by atoms with Crippen molar-refractivity contribution in [3.63, 3.8) is 0 Å². The van der Waals surface area contributed by atoms with Crippen LogP contribution in [-0.2, 0) is 4.74 Å². The Balaban J connectivity index is 2.07. The standard InChI is InChI=1S/C12H14ClIO/c13-11-7-2-1-6-10(11)12(8-14)15-9-4-3-5-9/h1-2,6-7,9,12H,3-5,8H2. The fraction of sp³-hybridized carbons (Fsp3) is 0.500. The molecule has 3 heteroatoms. The second kappa shape index (κ2) is 5.51.